The highest BCUT2D eigenvalue weighted by Gasteiger charge is 2.54. The van der Waals surface area contributed by atoms with Crippen molar-refractivity contribution in [1.82, 2.24) is 14.8 Å². The molecule has 4 rings (SSSR count). The minimum atomic E-state index is -0.579. The van der Waals surface area contributed by atoms with E-state index in [1.54, 1.807) is 16.2 Å². The van der Waals surface area contributed by atoms with Gasteiger partial charge >= 0.3 is 0 Å². The number of hydrogen-bond acceptors (Lipinski definition) is 6. The Kier molecular flexibility index (Phi) is 7.88. The molecule has 1 aromatic carbocycles. The second-order valence-electron chi connectivity index (χ2n) is 11.4. The number of amides is 2. The van der Waals surface area contributed by atoms with E-state index in [4.69, 9.17) is 4.98 Å². The Morgan fingerprint density at radius 3 is 2.61 bits per heavy atom. The minimum Gasteiger partial charge on any atom is -0.392 e. The standard InChI is InChI=1S/C28H40N4O3S/c1-17(26(35)32(6)15-19-10-8-7-9-11-19)20-12-13-28(3)14-21-24(18(2)23(28)25(20)34)30-27(36-21)29-22(33)16-31(4)5/h7-11,17-18,20,23,25,34H,12-16H2,1-6H3,(H,29,30,33)/t17-,18-,20-,23+,25-,28+/m0/s1. The van der Waals surface area contributed by atoms with Gasteiger partial charge in [0.25, 0.3) is 0 Å². The van der Waals surface area contributed by atoms with E-state index in [1.165, 1.54) is 4.88 Å². The number of hydrogen-bond donors (Lipinski definition) is 2. The Balaban J connectivity index is 1.49. The van der Waals surface area contributed by atoms with Crippen LogP contribution in [0.25, 0.3) is 0 Å². The number of nitrogens with one attached hydrogen (secondary N) is 1. The average molecular weight is 513 g/mol. The fourth-order valence-corrected chi connectivity index (χ4v) is 7.79. The largest absolute Gasteiger partial charge is 0.392 e. The molecule has 2 aromatic rings. The number of fused-ring (bicyclic) bond motifs is 2. The molecule has 36 heavy (non-hydrogen) atoms. The fourth-order valence-electron chi connectivity index (χ4n) is 6.51. The maximum absolute atomic E-state index is 13.4. The van der Waals surface area contributed by atoms with Crippen LogP contribution in [0.15, 0.2) is 30.3 Å². The number of likely N-dealkylation sites (N-methyl/N-ethyl adjacent to an activating group) is 1. The summed E-state index contributed by atoms with van der Waals surface area (Å²) in [5.74, 6) is -0.272. The average Bonchev–Trinajstić information content (AvgIpc) is 3.20. The molecule has 2 aliphatic carbocycles. The summed E-state index contributed by atoms with van der Waals surface area (Å²) in [7, 11) is 5.58. The molecule has 0 spiro atoms. The Morgan fingerprint density at radius 1 is 1.25 bits per heavy atom. The van der Waals surface area contributed by atoms with Gasteiger partial charge < -0.3 is 20.2 Å². The van der Waals surface area contributed by atoms with Crippen molar-refractivity contribution in [3.8, 4) is 0 Å². The number of carbonyl (C=O) groups excluding carboxylic acids is 2. The molecule has 2 amide bonds. The first-order valence-electron chi connectivity index (χ1n) is 12.9. The number of thiazole rings is 1. The van der Waals surface area contributed by atoms with Crippen LogP contribution in [0.2, 0.25) is 0 Å². The summed E-state index contributed by atoms with van der Waals surface area (Å²) >= 11 is 1.56. The number of aliphatic hydroxyl groups is 1. The lowest BCUT2D eigenvalue weighted by atomic mass is 9.53. The van der Waals surface area contributed by atoms with Crippen LogP contribution in [0.4, 0.5) is 5.13 Å². The van der Waals surface area contributed by atoms with Gasteiger partial charge in [0.1, 0.15) is 0 Å². The van der Waals surface area contributed by atoms with Crippen molar-refractivity contribution in [2.45, 2.75) is 58.6 Å². The van der Waals surface area contributed by atoms with E-state index >= 15 is 0 Å². The number of carbonyl (C=O) groups is 2. The molecule has 1 saturated carbocycles. The quantitative estimate of drug-likeness (QED) is 0.586. The lowest BCUT2D eigenvalue weighted by Gasteiger charge is -2.53. The molecule has 0 saturated heterocycles. The maximum Gasteiger partial charge on any atom is 0.240 e. The lowest BCUT2D eigenvalue weighted by molar-refractivity contribution is -0.144. The fraction of sp³-hybridized carbons (Fsp3) is 0.607. The van der Waals surface area contributed by atoms with Gasteiger partial charge in [0.15, 0.2) is 5.13 Å². The first kappa shape index (κ1) is 26.8. The van der Waals surface area contributed by atoms with Crippen molar-refractivity contribution in [2.24, 2.45) is 23.2 Å². The number of nitrogens with zero attached hydrogens (tertiary/aromatic N) is 3. The number of aromatic nitrogens is 1. The van der Waals surface area contributed by atoms with Crippen LogP contribution in [-0.4, -0.2) is 65.5 Å². The monoisotopic (exact) mass is 512 g/mol. The third kappa shape index (κ3) is 5.36. The number of anilines is 1. The van der Waals surface area contributed by atoms with Crippen LogP contribution < -0.4 is 5.32 Å². The van der Waals surface area contributed by atoms with Crippen LogP contribution in [0.5, 0.6) is 0 Å². The van der Waals surface area contributed by atoms with E-state index in [0.29, 0.717) is 18.2 Å². The molecule has 7 nitrogen and oxygen atoms in total. The van der Waals surface area contributed by atoms with Crippen molar-refractivity contribution in [1.29, 1.82) is 0 Å². The zero-order valence-electron chi connectivity index (χ0n) is 22.3. The van der Waals surface area contributed by atoms with Crippen molar-refractivity contribution in [3.05, 3.63) is 46.5 Å². The van der Waals surface area contributed by atoms with Gasteiger partial charge in [-0.3, -0.25) is 9.59 Å². The van der Waals surface area contributed by atoms with Gasteiger partial charge in [0, 0.05) is 30.3 Å². The van der Waals surface area contributed by atoms with E-state index in [1.807, 2.05) is 63.3 Å². The first-order valence-corrected chi connectivity index (χ1v) is 13.7. The van der Waals surface area contributed by atoms with Crippen molar-refractivity contribution in [2.75, 3.05) is 33.0 Å². The second kappa shape index (κ2) is 10.6. The molecule has 2 N–H and O–H groups in total. The molecule has 1 heterocycles. The van der Waals surface area contributed by atoms with Crippen LogP contribution in [0.1, 0.15) is 55.7 Å². The molecule has 0 unspecified atom stereocenters. The Morgan fingerprint density at radius 2 is 1.94 bits per heavy atom. The molecule has 1 fully saturated rings. The van der Waals surface area contributed by atoms with Crippen LogP contribution in [-0.2, 0) is 22.6 Å². The van der Waals surface area contributed by atoms with E-state index in [2.05, 4.69) is 19.2 Å². The third-order valence-corrected chi connectivity index (χ3v) is 9.29. The van der Waals surface area contributed by atoms with E-state index in [-0.39, 0.29) is 40.9 Å². The van der Waals surface area contributed by atoms with Crippen LogP contribution >= 0.6 is 11.3 Å². The van der Waals surface area contributed by atoms with Gasteiger partial charge in [-0.15, -0.1) is 11.3 Å². The zero-order valence-corrected chi connectivity index (χ0v) is 23.1. The van der Waals surface area contributed by atoms with Gasteiger partial charge in [-0.25, -0.2) is 4.98 Å². The molecule has 0 radical (unpaired) electrons. The van der Waals surface area contributed by atoms with Crippen LogP contribution in [0, 0.1) is 23.2 Å². The molecule has 2 aliphatic rings. The highest BCUT2D eigenvalue weighted by Crippen LogP contribution is 2.57. The van der Waals surface area contributed by atoms with Crippen molar-refractivity contribution < 1.29 is 14.7 Å². The summed E-state index contributed by atoms with van der Waals surface area (Å²) < 4.78 is 0. The Hall–Kier alpha value is -2.29. The molecule has 8 heteroatoms. The molecule has 6 atom stereocenters. The summed E-state index contributed by atoms with van der Waals surface area (Å²) in [4.78, 5) is 35.2. The van der Waals surface area contributed by atoms with Gasteiger partial charge in [-0.2, -0.15) is 0 Å². The van der Waals surface area contributed by atoms with Crippen LogP contribution in [0.3, 0.4) is 0 Å². The molecular weight excluding hydrogens is 472 g/mol. The van der Waals surface area contributed by atoms with Gasteiger partial charge in [0.2, 0.25) is 11.8 Å². The number of rotatable bonds is 7. The molecule has 1 aromatic heterocycles. The number of benzene rings is 1. The topological polar surface area (TPSA) is 85.8 Å². The summed E-state index contributed by atoms with van der Waals surface area (Å²) in [6.07, 6.45) is 2.06. The smallest absolute Gasteiger partial charge is 0.240 e. The highest BCUT2D eigenvalue weighted by molar-refractivity contribution is 7.15. The Labute approximate surface area is 218 Å². The zero-order chi connectivity index (χ0) is 26.2. The molecule has 0 aliphatic heterocycles. The number of aliphatic hydroxyl groups excluding tert-OH is 1. The molecule has 0 bridgehead atoms. The lowest BCUT2D eigenvalue weighted by Crippen LogP contribution is -2.53. The Bertz CT molecular complexity index is 1090. The SMILES string of the molecule is C[C@H](C(=O)N(C)Cc1ccccc1)[C@@H]1CC[C@]2(C)Cc3sc(NC(=O)CN(C)C)nc3[C@@H](C)[C@@H]2[C@H]1O. The summed E-state index contributed by atoms with van der Waals surface area (Å²) in [6.45, 7) is 7.26. The minimum absolute atomic E-state index is 0.0193. The predicted molar refractivity (Wildman–Crippen MR) is 144 cm³/mol. The maximum atomic E-state index is 13.4. The highest BCUT2D eigenvalue weighted by atomic mass is 32.1. The van der Waals surface area contributed by atoms with Crippen molar-refractivity contribution in [3.63, 3.8) is 0 Å². The van der Waals surface area contributed by atoms with E-state index in [9.17, 15) is 14.7 Å². The molecular formula is C28H40N4O3S. The third-order valence-electron chi connectivity index (χ3n) is 8.30. The summed E-state index contributed by atoms with van der Waals surface area (Å²) in [5, 5.41) is 15.3. The predicted octanol–water partition coefficient (Wildman–Crippen LogP) is 3.99. The normalized spacial score (nSPS) is 28.2. The molecule has 196 valence electrons. The van der Waals surface area contributed by atoms with Gasteiger partial charge in [0.05, 0.1) is 18.3 Å². The summed E-state index contributed by atoms with van der Waals surface area (Å²) in [5.41, 5.74) is 2.03. The second-order valence-corrected chi connectivity index (χ2v) is 12.5. The van der Waals surface area contributed by atoms with Crippen molar-refractivity contribution >= 4 is 28.3 Å². The van der Waals surface area contributed by atoms with Gasteiger partial charge in [-0.1, -0.05) is 51.1 Å². The summed E-state index contributed by atoms with van der Waals surface area (Å²) in [6, 6.07) is 10.0. The van der Waals surface area contributed by atoms with E-state index < -0.39 is 6.10 Å². The van der Waals surface area contributed by atoms with E-state index in [0.717, 1.165) is 30.5 Å². The first-order chi connectivity index (χ1) is 17.0. The van der Waals surface area contributed by atoms with Gasteiger partial charge in [-0.05, 0) is 56.2 Å².